The van der Waals surface area contributed by atoms with E-state index in [0.29, 0.717) is 26.7 Å². The molecule has 2 heterocycles. The van der Waals surface area contributed by atoms with E-state index in [1.54, 1.807) is 42.5 Å². The molecular weight excluding hydrogens is 479 g/mol. The summed E-state index contributed by atoms with van der Waals surface area (Å²) in [6, 6.07) is 11.7. The second-order valence-corrected chi connectivity index (χ2v) is 10.6. The summed E-state index contributed by atoms with van der Waals surface area (Å²) in [4.78, 5) is 40.9. The summed E-state index contributed by atoms with van der Waals surface area (Å²) in [5.74, 6) is -0.814. The number of hydrogen-bond donors (Lipinski definition) is 1. The molecule has 0 spiro atoms. The molecule has 34 heavy (non-hydrogen) atoms. The fourth-order valence-electron chi connectivity index (χ4n) is 4.44. The van der Waals surface area contributed by atoms with Gasteiger partial charge in [-0.2, -0.15) is 0 Å². The van der Waals surface area contributed by atoms with Crippen LogP contribution in [0, 0.1) is 5.41 Å². The van der Waals surface area contributed by atoms with Gasteiger partial charge in [-0.25, -0.2) is 4.79 Å². The number of rotatable bonds is 3. The molecule has 1 fully saturated rings. The molecule has 2 aliphatic rings. The van der Waals surface area contributed by atoms with Gasteiger partial charge in [0.25, 0.3) is 11.8 Å². The number of carbonyl (C=O) groups is 3. The van der Waals surface area contributed by atoms with Crippen molar-refractivity contribution in [1.82, 2.24) is 9.80 Å². The topological polar surface area (TPSA) is 87.2 Å². The number of carboxylic acid groups (broad SMARTS) is 1. The van der Waals surface area contributed by atoms with E-state index in [2.05, 4.69) is 0 Å². The lowest BCUT2D eigenvalue weighted by molar-refractivity contribution is -0.135. The van der Waals surface area contributed by atoms with E-state index in [9.17, 15) is 19.5 Å². The van der Waals surface area contributed by atoms with E-state index >= 15 is 0 Å². The number of carbonyl (C=O) groups excluding carboxylic acids is 2. The van der Waals surface area contributed by atoms with Crippen molar-refractivity contribution in [3.05, 3.63) is 69.2 Å². The normalized spacial score (nSPS) is 23.1. The average molecular weight is 505 g/mol. The minimum atomic E-state index is -1.19. The SMILES string of the molecule is CC(C)(C)[C@H]1CN(C(=O)O)CC[C@](CN2C(=O)c3ccccc3C2=O)(c2ccc(Cl)c(Cl)c2)O1. The summed E-state index contributed by atoms with van der Waals surface area (Å²) in [5, 5.41) is 10.4. The number of benzene rings is 2. The summed E-state index contributed by atoms with van der Waals surface area (Å²) in [6.45, 7) is 6.12. The number of halogens is 2. The number of nitrogens with zero attached hydrogens (tertiary/aromatic N) is 2. The molecule has 0 bridgehead atoms. The van der Waals surface area contributed by atoms with Crippen LogP contribution in [0.25, 0.3) is 0 Å². The third kappa shape index (κ3) is 4.40. The Morgan fingerprint density at radius 1 is 1.09 bits per heavy atom. The van der Waals surface area contributed by atoms with Crippen LogP contribution in [0.5, 0.6) is 0 Å². The van der Waals surface area contributed by atoms with Gasteiger partial charge in [0.05, 0.1) is 40.4 Å². The van der Waals surface area contributed by atoms with E-state index in [1.165, 1.54) is 9.80 Å². The molecule has 0 radical (unpaired) electrons. The van der Waals surface area contributed by atoms with Crippen LogP contribution in [0.3, 0.4) is 0 Å². The van der Waals surface area contributed by atoms with Crippen molar-refractivity contribution in [3.63, 3.8) is 0 Å². The summed E-state index contributed by atoms with van der Waals surface area (Å²) in [5.41, 5.74) is -0.319. The highest BCUT2D eigenvalue weighted by Gasteiger charge is 2.48. The quantitative estimate of drug-likeness (QED) is 0.573. The molecule has 180 valence electrons. The molecule has 0 unspecified atom stereocenters. The molecule has 3 amide bonds. The predicted molar refractivity (Wildman–Crippen MR) is 128 cm³/mol. The molecule has 0 aliphatic carbocycles. The van der Waals surface area contributed by atoms with Crippen molar-refractivity contribution in [3.8, 4) is 0 Å². The van der Waals surface area contributed by atoms with Crippen LogP contribution < -0.4 is 0 Å². The van der Waals surface area contributed by atoms with E-state index < -0.39 is 35.0 Å². The molecule has 1 saturated heterocycles. The highest BCUT2D eigenvalue weighted by atomic mass is 35.5. The summed E-state index contributed by atoms with van der Waals surface area (Å²) in [6.07, 6.45) is -1.35. The number of hydrogen-bond acceptors (Lipinski definition) is 4. The van der Waals surface area contributed by atoms with Crippen molar-refractivity contribution in [2.24, 2.45) is 5.41 Å². The Labute approximate surface area is 208 Å². The first-order chi connectivity index (χ1) is 15.9. The van der Waals surface area contributed by atoms with Crippen molar-refractivity contribution >= 4 is 41.1 Å². The van der Waals surface area contributed by atoms with Crippen LogP contribution in [0.4, 0.5) is 4.79 Å². The van der Waals surface area contributed by atoms with Gasteiger partial charge in [-0.3, -0.25) is 14.5 Å². The van der Waals surface area contributed by atoms with Crippen LogP contribution in [0.15, 0.2) is 42.5 Å². The van der Waals surface area contributed by atoms with Crippen molar-refractivity contribution < 1.29 is 24.2 Å². The zero-order valence-electron chi connectivity index (χ0n) is 19.2. The monoisotopic (exact) mass is 504 g/mol. The number of amides is 3. The Kier molecular flexibility index (Phi) is 6.40. The average Bonchev–Trinajstić information content (AvgIpc) is 2.93. The maximum atomic E-state index is 13.2. The maximum Gasteiger partial charge on any atom is 0.407 e. The van der Waals surface area contributed by atoms with Crippen LogP contribution >= 0.6 is 23.2 Å². The molecule has 9 heteroatoms. The van der Waals surface area contributed by atoms with E-state index in [4.69, 9.17) is 27.9 Å². The lowest BCUT2D eigenvalue weighted by Gasteiger charge is -2.41. The highest BCUT2D eigenvalue weighted by Crippen LogP contribution is 2.42. The lowest BCUT2D eigenvalue weighted by atomic mass is 9.86. The second kappa shape index (κ2) is 8.87. The Morgan fingerprint density at radius 2 is 1.71 bits per heavy atom. The van der Waals surface area contributed by atoms with Crippen LogP contribution in [-0.4, -0.2) is 58.6 Å². The summed E-state index contributed by atoms with van der Waals surface area (Å²) < 4.78 is 6.73. The zero-order valence-corrected chi connectivity index (χ0v) is 20.7. The van der Waals surface area contributed by atoms with Gasteiger partial charge < -0.3 is 14.7 Å². The van der Waals surface area contributed by atoms with E-state index in [-0.39, 0.29) is 26.1 Å². The van der Waals surface area contributed by atoms with Gasteiger partial charge in [0.1, 0.15) is 5.60 Å². The zero-order chi connectivity index (χ0) is 24.8. The van der Waals surface area contributed by atoms with Gasteiger partial charge >= 0.3 is 6.09 Å². The first-order valence-electron chi connectivity index (χ1n) is 11.0. The largest absolute Gasteiger partial charge is 0.465 e. The van der Waals surface area contributed by atoms with Gasteiger partial charge in [-0.05, 0) is 35.2 Å². The maximum absolute atomic E-state index is 13.2. The molecule has 2 aromatic rings. The standard InChI is InChI=1S/C25H26Cl2N2O5/c1-24(2,3)20-13-28(23(32)33)11-10-25(34-20,15-8-9-18(26)19(27)12-15)14-29-21(30)16-6-4-5-7-17(16)22(29)31/h4-9,12,20H,10-11,13-14H2,1-3H3,(H,32,33)/t20-,25+/m1/s1. The van der Waals surface area contributed by atoms with Crippen molar-refractivity contribution in [1.29, 1.82) is 0 Å². The van der Waals surface area contributed by atoms with Crippen molar-refractivity contribution in [2.75, 3.05) is 19.6 Å². The van der Waals surface area contributed by atoms with E-state index in [0.717, 1.165) is 0 Å². The number of fused-ring (bicyclic) bond motifs is 1. The van der Waals surface area contributed by atoms with Crippen molar-refractivity contribution in [2.45, 2.75) is 38.9 Å². The van der Waals surface area contributed by atoms with Crippen LogP contribution in [0.2, 0.25) is 10.0 Å². The number of ether oxygens (including phenoxy) is 1. The molecule has 4 rings (SSSR count). The smallest absolute Gasteiger partial charge is 0.407 e. The first-order valence-corrected chi connectivity index (χ1v) is 11.7. The Bertz CT molecular complexity index is 1130. The second-order valence-electron chi connectivity index (χ2n) is 9.82. The van der Waals surface area contributed by atoms with Gasteiger partial charge in [0, 0.05) is 13.0 Å². The molecular formula is C25H26Cl2N2O5. The minimum Gasteiger partial charge on any atom is -0.465 e. The Hall–Kier alpha value is -2.61. The third-order valence-corrected chi connectivity index (χ3v) is 7.25. The Balaban J connectivity index is 1.82. The predicted octanol–water partition coefficient (Wildman–Crippen LogP) is 5.30. The molecule has 2 aromatic carbocycles. The van der Waals surface area contributed by atoms with Gasteiger partial charge in [0.15, 0.2) is 0 Å². The van der Waals surface area contributed by atoms with Gasteiger partial charge in [-0.15, -0.1) is 0 Å². The molecule has 0 saturated carbocycles. The molecule has 2 atom stereocenters. The number of imide groups is 1. The fraction of sp³-hybridized carbons (Fsp3) is 0.400. The Morgan fingerprint density at radius 3 is 2.24 bits per heavy atom. The third-order valence-electron chi connectivity index (χ3n) is 6.51. The molecule has 1 N–H and O–H groups in total. The highest BCUT2D eigenvalue weighted by molar-refractivity contribution is 6.42. The van der Waals surface area contributed by atoms with Gasteiger partial charge in [-0.1, -0.05) is 62.2 Å². The minimum absolute atomic E-state index is 0.0860. The van der Waals surface area contributed by atoms with E-state index in [1.807, 2.05) is 20.8 Å². The van der Waals surface area contributed by atoms with Crippen LogP contribution in [0.1, 0.15) is 53.5 Å². The molecule has 0 aromatic heterocycles. The fourth-order valence-corrected chi connectivity index (χ4v) is 4.74. The van der Waals surface area contributed by atoms with Gasteiger partial charge in [0.2, 0.25) is 0 Å². The lowest BCUT2D eigenvalue weighted by Crippen LogP contribution is -2.49. The summed E-state index contributed by atoms with van der Waals surface area (Å²) >= 11 is 12.5. The van der Waals surface area contributed by atoms with Crippen LogP contribution in [-0.2, 0) is 10.3 Å². The molecule has 2 aliphatic heterocycles. The summed E-state index contributed by atoms with van der Waals surface area (Å²) in [7, 11) is 0. The molecule has 7 nitrogen and oxygen atoms in total. The first kappa shape index (κ1) is 24.5.